The van der Waals surface area contributed by atoms with Crippen LogP contribution in [0.4, 0.5) is 0 Å². The summed E-state index contributed by atoms with van der Waals surface area (Å²) < 4.78 is 0. The second-order valence-corrected chi connectivity index (χ2v) is 6.02. The quantitative estimate of drug-likeness (QED) is 0.143. The molecule has 0 aromatic carbocycles. The van der Waals surface area contributed by atoms with Crippen molar-refractivity contribution in [3.63, 3.8) is 0 Å². The van der Waals surface area contributed by atoms with Crippen LogP contribution in [0.15, 0.2) is 0 Å². The van der Waals surface area contributed by atoms with Crippen LogP contribution < -0.4 is 21.7 Å². The van der Waals surface area contributed by atoms with E-state index in [2.05, 4.69) is 5.32 Å². The molecule has 14 nitrogen and oxygen atoms in total. The standard InChI is InChI=1S/C15H24N4O10/c1-6(16)12(25)19-9(5-20)14(27)18-8(4-11(23)24)13(26)17-7(15(28)29)2-3-10(21)22/h6-9,20H,2-5,16H2,1H3,(H,17,26)(H,18,27)(H,19,25)(H,21,22)(H,23,24)(H,28,29). The van der Waals surface area contributed by atoms with E-state index in [-0.39, 0.29) is 0 Å². The van der Waals surface area contributed by atoms with Crippen molar-refractivity contribution >= 4 is 35.6 Å². The molecule has 0 heterocycles. The molecule has 0 aliphatic carbocycles. The Bertz CT molecular complexity index is 651. The fourth-order valence-electron chi connectivity index (χ4n) is 1.95. The Morgan fingerprint density at radius 3 is 1.69 bits per heavy atom. The smallest absolute Gasteiger partial charge is 0.326 e. The highest BCUT2D eigenvalue weighted by molar-refractivity contribution is 5.95. The summed E-state index contributed by atoms with van der Waals surface area (Å²) >= 11 is 0. The Kier molecular flexibility index (Phi) is 10.9. The van der Waals surface area contributed by atoms with Gasteiger partial charge < -0.3 is 42.1 Å². The minimum absolute atomic E-state index is 0.478. The van der Waals surface area contributed by atoms with Crippen LogP contribution >= 0.6 is 0 Å². The van der Waals surface area contributed by atoms with E-state index < -0.39 is 85.7 Å². The molecule has 14 heteroatoms. The number of carboxylic acids is 3. The number of carbonyl (C=O) groups is 6. The molecule has 0 aromatic heterocycles. The lowest BCUT2D eigenvalue weighted by atomic mass is 10.1. The average molecular weight is 420 g/mol. The van der Waals surface area contributed by atoms with Gasteiger partial charge in [0.1, 0.15) is 18.1 Å². The van der Waals surface area contributed by atoms with E-state index in [1.54, 1.807) is 0 Å². The van der Waals surface area contributed by atoms with Crippen LogP contribution in [0.5, 0.6) is 0 Å². The highest BCUT2D eigenvalue weighted by Crippen LogP contribution is 2.02. The zero-order valence-electron chi connectivity index (χ0n) is 15.5. The second-order valence-electron chi connectivity index (χ2n) is 6.02. The van der Waals surface area contributed by atoms with E-state index in [1.807, 2.05) is 10.6 Å². The van der Waals surface area contributed by atoms with Crippen molar-refractivity contribution in [3.05, 3.63) is 0 Å². The van der Waals surface area contributed by atoms with Gasteiger partial charge in [0.15, 0.2) is 0 Å². The first kappa shape index (κ1) is 25.7. The minimum atomic E-state index is -1.76. The number of aliphatic carboxylic acids is 3. The molecule has 29 heavy (non-hydrogen) atoms. The third-order valence-corrected chi connectivity index (χ3v) is 3.50. The Balaban J connectivity index is 5.25. The maximum Gasteiger partial charge on any atom is 0.326 e. The van der Waals surface area contributed by atoms with Gasteiger partial charge in [0.05, 0.1) is 19.1 Å². The number of hydrogen-bond acceptors (Lipinski definition) is 8. The van der Waals surface area contributed by atoms with Crippen LogP contribution in [-0.4, -0.2) is 86.8 Å². The number of amides is 3. The molecule has 9 N–H and O–H groups in total. The molecule has 0 bridgehead atoms. The van der Waals surface area contributed by atoms with Crippen molar-refractivity contribution in [2.75, 3.05) is 6.61 Å². The monoisotopic (exact) mass is 420 g/mol. The third-order valence-electron chi connectivity index (χ3n) is 3.50. The lowest BCUT2D eigenvalue weighted by molar-refractivity contribution is -0.144. The molecule has 0 radical (unpaired) electrons. The first-order valence-corrected chi connectivity index (χ1v) is 8.33. The maximum absolute atomic E-state index is 12.2. The van der Waals surface area contributed by atoms with Crippen LogP contribution in [0.2, 0.25) is 0 Å². The van der Waals surface area contributed by atoms with Gasteiger partial charge in [-0.3, -0.25) is 24.0 Å². The van der Waals surface area contributed by atoms with E-state index in [1.165, 1.54) is 6.92 Å². The summed E-state index contributed by atoms with van der Waals surface area (Å²) in [6, 6.07) is -5.95. The van der Waals surface area contributed by atoms with Gasteiger partial charge in [-0.1, -0.05) is 0 Å². The molecule has 4 unspecified atom stereocenters. The number of nitrogens with one attached hydrogen (secondary N) is 3. The molecule has 0 aliphatic heterocycles. The van der Waals surface area contributed by atoms with Crippen LogP contribution in [0, 0.1) is 0 Å². The lowest BCUT2D eigenvalue weighted by Crippen LogP contribution is -2.58. The second kappa shape index (κ2) is 12.2. The molecule has 0 rings (SSSR count). The number of rotatable bonds is 13. The van der Waals surface area contributed by atoms with Crippen LogP contribution in [0.1, 0.15) is 26.2 Å². The summed E-state index contributed by atoms with van der Waals surface area (Å²) in [6.45, 7) is 0.424. The van der Waals surface area contributed by atoms with E-state index >= 15 is 0 Å². The number of hydrogen-bond donors (Lipinski definition) is 8. The number of nitrogens with two attached hydrogens (primary N) is 1. The largest absolute Gasteiger partial charge is 0.481 e. The van der Waals surface area contributed by atoms with Gasteiger partial charge in [-0.25, -0.2) is 4.79 Å². The Labute approximate surface area is 164 Å². The van der Waals surface area contributed by atoms with E-state index in [0.717, 1.165) is 0 Å². The highest BCUT2D eigenvalue weighted by atomic mass is 16.4. The zero-order chi connectivity index (χ0) is 22.7. The molecule has 3 amide bonds. The molecular formula is C15H24N4O10. The van der Waals surface area contributed by atoms with Gasteiger partial charge in [0.2, 0.25) is 17.7 Å². The van der Waals surface area contributed by atoms with E-state index in [4.69, 9.17) is 21.1 Å². The predicted molar refractivity (Wildman–Crippen MR) is 93.3 cm³/mol. The first-order valence-electron chi connectivity index (χ1n) is 8.33. The Hall–Kier alpha value is -3.26. The molecule has 0 fully saturated rings. The summed E-state index contributed by atoms with van der Waals surface area (Å²) in [4.78, 5) is 68.7. The molecule has 4 atom stereocenters. The summed E-state index contributed by atoms with van der Waals surface area (Å²) in [5.74, 6) is -7.48. The van der Waals surface area contributed by atoms with Crippen molar-refractivity contribution in [1.82, 2.24) is 16.0 Å². The number of aliphatic hydroxyl groups is 1. The fourth-order valence-corrected chi connectivity index (χ4v) is 1.95. The van der Waals surface area contributed by atoms with Crippen molar-refractivity contribution in [2.45, 2.75) is 50.4 Å². The van der Waals surface area contributed by atoms with Gasteiger partial charge in [-0.2, -0.15) is 0 Å². The maximum atomic E-state index is 12.2. The lowest BCUT2D eigenvalue weighted by Gasteiger charge is -2.23. The van der Waals surface area contributed by atoms with Crippen LogP contribution in [0.25, 0.3) is 0 Å². The average Bonchev–Trinajstić information content (AvgIpc) is 2.60. The van der Waals surface area contributed by atoms with Crippen molar-refractivity contribution in [1.29, 1.82) is 0 Å². The summed E-state index contributed by atoms with van der Waals surface area (Å²) in [5.41, 5.74) is 5.32. The first-order chi connectivity index (χ1) is 13.4. The molecule has 0 saturated carbocycles. The van der Waals surface area contributed by atoms with Gasteiger partial charge in [-0.15, -0.1) is 0 Å². The molecule has 0 aromatic rings. The minimum Gasteiger partial charge on any atom is -0.481 e. The summed E-state index contributed by atoms with van der Waals surface area (Å²) in [7, 11) is 0. The third kappa shape index (κ3) is 10.0. The van der Waals surface area contributed by atoms with Crippen LogP contribution in [0.3, 0.4) is 0 Å². The SMILES string of the molecule is CC(N)C(=O)NC(CO)C(=O)NC(CC(=O)O)C(=O)NC(CCC(=O)O)C(=O)O. The predicted octanol–water partition coefficient (Wildman–Crippen LogP) is -3.80. The van der Waals surface area contributed by atoms with E-state index in [9.17, 15) is 33.9 Å². The number of aliphatic hydroxyl groups excluding tert-OH is 1. The van der Waals surface area contributed by atoms with Crippen LogP contribution in [-0.2, 0) is 28.8 Å². The van der Waals surface area contributed by atoms with E-state index in [0.29, 0.717) is 0 Å². The zero-order valence-corrected chi connectivity index (χ0v) is 15.5. The van der Waals surface area contributed by atoms with Crippen molar-refractivity contribution in [2.24, 2.45) is 5.73 Å². The van der Waals surface area contributed by atoms with Gasteiger partial charge >= 0.3 is 17.9 Å². The van der Waals surface area contributed by atoms with Crippen molar-refractivity contribution in [3.8, 4) is 0 Å². The molecular weight excluding hydrogens is 396 g/mol. The molecule has 0 spiro atoms. The van der Waals surface area contributed by atoms with Crippen molar-refractivity contribution < 1.29 is 49.2 Å². The normalized spacial score (nSPS) is 14.6. The van der Waals surface area contributed by atoms with Gasteiger partial charge in [0.25, 0.3) is 0 Å². The van der Waals surface area contributed by atoms with Gasteiger partial charge in [-0.05, 0) is 13.3 Å². The molecule has 0 saturated heterocycles. The fraction of sp³-hybridized carbons (Fsp3) is 0.600. The topological polar surface area (TPSA) is 245 Å². The molecule has 0 aliphatic rings. The summed E-state index contributed by atoms with van der Waals surface area (Å²) in [5, 5.41) is 41.9. The Morgan fingerprint density at radius 2 is 1.28 bits per heavy atom. The van der Waals surface area contributed by atoms with Gasteiger partial charge in [0, 0.05) is 6.42 Å². The number of carbonyl (C=O) groups excluding carboxylic acids is 3. The molecule has 164 valence electrons. The Morgan fingerprint density at radius 1 is 0.793 bits per heavy atom. The summed E-state index contributed by atoms with van der Waals surface area (Å²) in [6.07, 6.45) is -2.00. The highest BCUT2D eigenvalue weighted by Gasteiger charge is 2.31. The number of carboxylic acid groups (broad SMARTS) is 3.